The Balaban J connectivity index is 1.55. The van der Waals surface area contributed by atoms with Crippen LogP contribution in [0.15, 0.2) is 54.7 Å². The summed E-state index contributed by atoms with van der Waals surface area (Å²) >= 11 is 6.16. The van der Waals surface area contributed by atoms with Gasteiger partial charge in [-0.25, -0.2) is 0 Å². The van der Waals surface area contributed by atoms with Gasteiger partial charge in [-0.3, -0.25) is 9.78 Å². The Kier molecular flexibility index (Phi) is 4.51. The van der Waals surface area contributed by atoms with Gasteiger partial charge in [-0.15, -0.1) is 0 Å². The predicted octanol–water partition coefficient (Wildman–Crippen LogP) is 4.99. The number of rotatable bonds is 3. The molecular formula is C21H20ClN3O. The standard InChI is InChI=1S/C21H20ClN3O/c1-14-8-10-25(13-14)18-6-4-17(5-7-18)24-21(26)19-12-16(22)11-15-3-2-9-23-20(15)19/h2-7,9,11-12,14H,8,10,13H2,1H3,(H,24,26). The van der Waals surface area contributed by atoms with Crippen molar-refractivity contribution in [3.8, 4) is 0 Å². The maximum absolute atomic E-state index is 12.7. The van der Waals surface area contributed by atoms with Crippen LogP contribution in [0.5, 0.6) is 0 Å². The third-order valence-electron chi connectivity index (χ3n) is 4.83. The van der Waals surface area contributed by atoms with Gasteiger partial charge in [0.1, 0.15) is 0 Å². The average Bonchev–Trinajstić information content (AvgIpc) is 3.08. The van der Waals surface area contributed by atoms with Crippen molar-refractivity contribution in [2.75, 3.05) is 23.3 Å². The highest BCUT2D eigenvalue weighted by molar-refractivity contribution is 6.32. The topological polar surface area (TPSA) is 45.2 Å². The second-order valence-corrected chi connectivity index (χ2v) is 7.31. The summed E-state index contributed by atoms with van der Waals surface area (Å²) in [6.07, 6.45) is 2.91. The van der Waals surface area contributed by atoms with Crippen molar-refractivity contribution in [1.29, 1.82) is 0 Å². The molecule has 5 heteroatoms. The van der Waals surface area contributed by atoms with Crippen molar-refractivity contribution >= 4 is 39.8 Å². The first-order valence-electron chi connectivity index (χ1n) is 8.81. The molecule has 1 unspecified atom stereocenters. The van der Waals surface area contributed by atoms with Crippen LogP contribution in [0.2, 0.25) is 5.02 Å². The predicted molar refractivity (Wildman–Crippen MR) is 107 cm³/mol. The van der Waals surface area contributed by atoms with Gasteiger partial charge >= 0.3 is 0 Å². The molecule has 1 atom stereocenters. The van der Waals surface area contributed by atoms with Crippen LogP contribution >= 0.6 is 11.6 Å². The van der Waals surface area contributed by atoms with E-state index in [1.165, 1.54) is 12.1 Å². The van der Waals surface area contributed by atoms with Crippen LogP contribution in [0.3, 0.4) is 0 Å². The Labute approximate surface area is 157 Å². The van der Waals surface area contributed by atoms with E-state index in [0.717, 1.165) is 30.1 Å². The van der Waals surface area contributed by atoms with Crippen molar-refractivity contribution in [1.82, 2.24) is 4.98 Å². The number of hydrogen-bond acceptors (Lipinski definition) is 3. The summed E-state index contributed by atoms with van der Waals surface area (Å²) < 4.78 is 0. The van der Waals surface area contributed by atoms with Crippen LogP contribution in [0, 0.1) is 5.92 Å². The number of nitrogens with one attached hydrogen (secondary N) is 1. The number of hydrogen-bond donors (Lipinski definition) is 1. The van der Waals surface area contributed by atoms with E-state index in [1.807, 2.05) is 30.3 Å². The molecule has 0 radical (unpaired) electrons. The van der Waals surface area contributed by atoms with E-state index in [-0.39, 0.29) is 5.91 Å². The molecule has 1 aromatic heterocycles. The van der Waals surface area contributed by atoms with Crippen molar-refractivity contribution in [2.24, 2.45) is 5.92 Å². The summed E-state index contributed by atoms with van der Waals surface area (Å²) in [6.45, 7) is 4.46. The van der Waals surface area contributed by atoms with Gasteiger partial charge in [0.15, 0.2) is 0 Å². The van der Waals surface area contributed by atoms with Crippen LogP contribution in [-0.2, 0) is 0 Å². The summed E-state index contributed by atoms with van der Waals surface area (Å²) in [5.74, 6) is 0.525. The number of carbonyl (C=O) groups excluding carboxylic acids is 1. The van der Waals surface area contributed by atoms with Crippen LogP contribution in [0.25, 0.3) is 10.9 Å². The fourth-order valence-corrected chi connectivity index (χ4v) is 3.68. The lowest BCUT2D eigenvalue weighted by Gasteiger charge is -2.18. The molecule has 0 bridgehead atoms. The summed E-state index contributed by atoms with van der Waals surface area (Å²) in [4.78, 5) is 19.5. The first-order valence-corrected chi connectivity index (χ1v) is 9.18. The van der Waals surface area contributed by atoms with Gasteiger partial charge in [0, 0.05) is 41.1 Å². The lowest BCUT2D eigenvalue weighted by Crippen LogP contribution is -2.19. The first-order chi connectivity index (χ1) is 12.6. The summed E-state index contributed by atoms with van der Waals surface area (Å²) in [5, 5.41) is 4.32. The quantitative estimate of drug-likeness (QED) is 0.711. The molecule has 0 saturated carbocycles. The zero-order chi connectivity index (χ0) is 18.1. The minimum atomic E-state index is -0.209. The Morgan fingerprint density at radius 1 is 1.23 bits per heavy atom. The second kappa shape index (κ2) is 6.96. The van der Waals surface area contributed by atoms with E-state index in [9.17, 15) is 4.79 Å². The number of nitrogens with zero attached hydrogens (tertiary/aromatic N) is 2. The number of carbonyl (C=O) groups is 1. The zero-order valence-corrected chi connectivity index (χ0v) is 15.3. The molecule has 1 saturated heterocycles. The SMILES string of the molecule is CC1CCN(c2ccc(NC(=O)c3cc(Cl)cc4cccnc34)cc2)C1. The maximum Gasteiger partial charge on any atom is 0.257 e. The number of halogens is 1. The molecule has 1 amide bonds. The number of fused-ring (bicyclic) bond motifs is 1. The monoisotopic (exact) mass is 365 g/mol. The molecule has 0 spiro atoms. The molecule has 2 heterocycles. The fourth-order valence-electron chi connectivity index (χ4n) is 3.45. The lowest BCUT2D eigenvalue weighted by atomic mass is 10.1. The molecule has 2 aromatic carbocycles. The van der Waals surface area contributed by atoms with Crippen molar-refractivity contribution < 1.29 is 4.79 Å². The molecule has 4 nitrogen and oxygen atoms in total. The van der Waals surface area contributed by atoms with Gasteiger partial charge in [0.25, 0.3) is 5.91 Å². The van der Waals surface area contributed by atoms with Crippen LogP contribution in [-0.4, -0.2) is 24.0 Å². The van der Waals surface area contributed by atoms with Gasteiger partial charge in [-0.2, -0.15) is 0 Å². The Morgan fingerprint density at radius 3 is 2.77 bits per heavy atom. The van der Waals surface area contributed by atoms with E-state index >= 15 is 0 Å². The van der Waals surface area contributed by atoms with E-state index < -0.39 is 0 Å². The molecule has 132 valence electrons. The highest BCUT2D eigenvalue weighted by Gasteiger charge is 2.19. The van der Waals surface area contributed by atoms with Gasteiger partial charge in [-0.05, 0) is 54.8 Å². The average molecular weight is 366 g/mol. The minimum absolute atomic E-state index is 0.209. The van der Waals surface area contributed by atoms with Crippen LogP contribution < -0.4 is 10.2 Å². The van der Waals surface area contributed by atoms with E-state index in [1.54, 1.807) is 12.3 Å². The van der Waals surface area contributed by atoms with Gasteiger partial charge in [-0.1, -0.05) is 24.6 Å². The number of pyridine rings is 1. The fraction of sp³-hybridized carbons (Fsp3) is 0.238. The normalized spacial score (nSPS) is 16.8. The summed E-state index contributed by atoms with van der Waals surface area (Å²) in [7, 11) is 0. The smallest absolute Gasteiger partial charge is 0.257 e. The molecule has 1 fully saturated rings. The number of benzene rings is 2. The van der Waals surface area contributed by atoms with Crippen LogP contribution in [0.4, 0.5) is 11.4 Å². The lowest BCUT2D eigenvalue weighted by molar-refractivity contribution is 0.102. The molecule has 26 heavy (non-hydrogen) atoms. The zero-order valence-electron chi connectivity index (χ0n) is 14.6. The third kappa shape index (κ3) is 3.37. The Hall–Kier alpha value is -2.59. The number of aromatic nitrogens is 1. The summed E-state index contributed by atoms with van der Waals surface area (Å²) in [6, 6.07) is 15.2. The van der Waals surface area contributed by atoms with E-state index in [4.69, 9.17) is 11.6 Å². The van der Waals surface area contributed by atoms with Crippen molar-refractivity contribution in [2.45, 2.75) is 13.3 Å². The number of anilines is 2. The highest BCUT2D eigenvalue weighted by atomic mass is 35.5. The van der Waals surface area contributed by atoms with Gasteiger partial charge in [0.2, 0.25) is 0 Å². The van der Waals surface area contributed by atoms with E-state index in [2.05, 4.69) is 34.3 Å². The largest absolute Gasteiger partial charge is 0.371 e. The van der Waals surface area contributed by atoms with E-state index in [0.29, 0.717) is 16.1 Å². The number of amides is 1. The minimum Gasteiger partial charge on any atom is -0.371 e. The highest BCUT2D eigenvalue weighted by Crippen LogP contribution is 2.26. The van der Waals surface area contributed by atoms with Crippen molar-refractivity contribution in [3.63, 3.8) is 0 Å². The third-order valence-corrected chi connectivity index (χ3v) is 5.05. The maximum atomic E-state index is 12.7. The second-order valence-electron chi connectivity index (χ2n) is 6.87. The molecule has 3 aromatic rings. The molecule has 4 rings (SSSR count). The Morgan fingerprint density at radius 2 is 2.04 bits per heavy atom. The van der Waals surface area contributed by atoms with Crippen molar-refractivity contribution in [3.05, 3.63) is 65.3 Å². The molecule has 1 aliphatic rings. The Bertz CT molecular complexity index is 955. The van der Waals surface area contributed by atoms with Gasteiger partial charge < -0.3 is 10.2 Å². The van der Waals surface area contributed by atoms with Crippen LogP contribution in [0.1, 0.15) is 23.7 Å². The first kappa shape index (κ1) is 16.9. The summed E-state index contributed by atoms with van der Waals surface area (Å²) in [5.41, 5.74) is 3.08. The molecule has 0 aliphatic carbocycles. The molecular weight excluding hydrogens is 346 g/mol. The van der Waals surface area contributed by atoms with Gasteiger partial charge in [0.05, 0.1) is 11.1 Å². The molecule has 1 aliphatic heterocycles. The molecule has 1 N–H and O–H groups in total.